The van der Waals surface area contributed by atoms with Gasteiger partial charge in [-0.25, -0.2) is 0 Å². The lowest BCUT2D eigenvalue weighted by molar-refractivity contribution is -0.112. The minimum atomic E-state index is 0. The number of carbonyl (C=O) groups excluding carboxylic acids is 1. The lowest BCUT2D eigenvalue weighted by Crippen LogP contribution is -2.41. The molecule has 2 aliphatic rings. The van der Waals surface area contributed by atoms with Gasteiger partial charge in [0.2, 0.25) is 5.91 Å². The van der Waals surface area contributed by atoms with Gasteiger partial charge >= 0.3 is 0 Å². The quantitative estimate of drug-likeness (QED) is 0.845. The van der Waals surface area contributed by atoms with E-state index >= 15 is 0 Å². The highest BCUT2D eigenvalue weighted by Gasteiger charge is 2.27. The third-order valence-electron chi connectivity index (χ3n) is 4.38. The summed E-state index contributed by atoms with van der Waals surface area (Å²) in [6.45, 7) is 5.54. The highest BCUT2D eigenvalue weighted by molar-refractivity contribution is 5.99. The highest BCUT2D eigenvalue weighted by Crippen LogP contribution is 2.30. The number of benzene rings is 1. The van der Waals surface area contributed by atoms with Gasteiger partial charge in [0.15, 0.2) is 0 Å². The molecule has 1 aromatic rings. The van der Waals surface area contributed by atoms with E-state index in [1.54, 1.807) is 0 Å². The van der Waals surface area contributed by atoms with Gasteiger partial charge in [-0.15, -0.1) is 0 Å². The Hall–Kier alpha value is -1.61. The van der Waals surface area contributed by atoms with Gasteiger partial charge in [-0.2, -0.15) is 0 Å². The van der Waals surface area contributed by atoms with E-state index in [1.165, 1.54) is 30.5 Å². The lowest BCUT2D eigenvalue weighted by Gasteiger charge is -2.39. The van der Waals surface area contributed by atoms with Gasteiger partial charge in [0.25, 0.3) is 0 Å². The summed E-state index contributed by atoms with van der Waals surface area (Å²) in [5, 5.41) is 2.96. The first kappa shape index (κ1) is 15.8. The molecule has 0 aliphatic carbocycles. The average Bonchev–Trinajstić information content (AvgIpc) is 2.45. The molecule has 1 amide bonds. The van der Waals surface area contributed by atoms with Crippen molar-refractivity contribution in [3.63, 3.8) is 0 Å². The van der Waals surface area contributed by atoms with Gasteiger partial charge in [0.05, 0.1) is 0 Å². The van der Waals surface area contributed by atoms with E-state index in [0.29, 0.717) is 5.92 Å². The van der Waals surface area contributed by atoms with Crippen molar-refractivity contribution in [3.8, 4) is 0 Å². The molecule has 112 valence electrons. The van der Waals surface area contributed by atoms with Crippen molar-refractivity contribution >= 4 is 11.6 Å². The zero-order valence-corrected chi connectivity index (χ0v) is 12.8. The molecule has 2 atom stereocenters. The van der Waals surface area contributed by atoms with Gasteiger partial charge in [-0.3, -0.25) is 4.79 Å². The first-order valence-corrected chi connectivity index (χ1v) is 7.51. The fourth-order valence-electron chi connectivity index (χ4n) is 3.23. The smallest absolute Gasteiger partial charge is 0.248 e. The van der Waals surface area contributed by atoms with E-state index in [0.717, 1.165) is 25.2 Å². The molecule has 2 unspecified atom stereocenters. The molecular weight excluding hydrogens is 260 g/mol. The Morgan fingerprint density at radius 2 is 2.05 bits per heavy atom. The van der Waals surface area contributed by atoms with Crippen molar-refractivity contribution in [2.45, 2.75) is 26.2 Å². The number of nitrogens with one attached hydrogen (secondary N) is 1. The van der Waals surface area contributed by atoms with Crippen molar-refractivity contribution in [3.05, 3.63) is 48.9 Å². The first-order valence-electron chi connectivity index (χ1n) is 7.51. The van der Waals surface area contributed by atoms with Crippen LogP contribution in [0.2, 0.25) is 0 Å². The Morgan fingerprint density at radius 3 is 2.81 bits per heavy atom. The first-order chi connectivity index (χ1) is 9.70. The van der Waals surface area contributed by atoms with E-state index in [9.17, 15) is 4.79 Å². The summed E-state index contributed by atoms with van der Waals surface area (Å²) in [6, 6.07) is 7.94. The van der Waals surface area contributed by atoms with E-state index in [2.05, 4.69) is 10.2 Å². The Kier molecular flexibility index (Phi) is 5.18. The van der Waals surface area contributed by atoms with Crippen LogP contribution in [0.5, 0.6) is 0 Å². The monoisotopic (exact) mass is 284 g/mol. The predicted molar refractivity (Wildman–Crippen MR) is 87.0 cm³/mol. The summed E-state index contributed by atoms with van der Waals surface area (Å²) in [5.41, 5.74) is 3.42. The average molecular weight is 284 g/mol. The summed E-state index contributed by atoms with van der Waals surface area (Å²) < 4.78 is 0. The number of rotatable bonds is 2. The van der Waals surface area contributed by atoms with Crippen LogP contribution in [0, 0.1) is 20.3 Å². The molecule has 2 radical (unpaired) electrons. The predicted octanol–water partition coefficient (Wildman–Crippen LogP) is 3.30. The van der Waals surface area contributed by atoms with Crippen molar-refractivity contribution in [1.82, 2.24) is 4.90 Å². The lowest BCUT2D eigenvalue weighted by atomic mass is 9.84. The minimum absolute atomic E-state index is 0. The molecule has 2 fully saturated rings. The number of anilines is 1. The Balaban J connectivity index is 0.00000161. The molecule has 3 nitrogen and oxygen atoms in total. The maximum Gasteiger partial charge on any atom is 0.248 e. The number of hydrogen-bond donors (Lipinski definition) is 1. The van der Waals surface area contributed by atoms with Crippen LogP contribution >= 0.6 is 0 Å². The number of hydrogen-bond acceptors (Lipinski definition) is 2. The number of piperidine rings is 2. The van der Waals surface area contributed by atoms with Gasteiger partial charge < -0.3 is 10.2 Å². The number of aryl methyl sites for hydroxylation is 1. The minimum Gasteiger partial charge on any atom is -0.323 e. The maximum atomic E-state index is 12.1. The molecule has 0 spiro atoms. The second-order valence-corrected chi connectivity index (χ2v) is 5.96. The summed E-state index contributed by atoms with van der Waals surface area (Å²) in [6.07, 6.45) is 5.39. The van der Waals surface area contributed by atoms with Crippen LogP contribution in [0.15, 0.2) is 35.9 Å². The van der Waals surface area contributed by atoms with Crippen LogP contribution in [-0.2, 0) is 4.79 Å². The summed E-state index contributed by atoms with van der Waals surface area (Å²) in [4.78, 5) is 14.6. The number of amides is 1. The van der Waals surface area contributed by atoms with Crippen LogP contribution in [0.4, 0.5) is 5.69 Å². The van der Waals surface area contributed by atoms with Crippen LogP contribution in [0.1, 0.15) is 24.8 Å². The Morgan fingerprint density at radius 1 is 1.29 bits per heavy atom. The summed E-state index contributed by atoms with van der Waals surface area (Å²) in [5.74, 6) is 0.615. The molecule has 1 aromatic carbocycles. The van der Waals surface area contributed by atoms with Crippen LogP contribution in [-0.4, -0.2) is 30.4 Å². The zero-order chi connectivity index (χ0) is 13.9. The van der Waals surface area contributed by atoms with Crippen LogP contribution in [0.3, 0.4) is 0 Å². The molecule has 2 aliphatic heterocycles. The zero-order valence-electron chi connectivity index (χ0n) is 12.8. The standard InChI is InChI=1S/C17H22N2O.CH2/c1-13-4-6-16(7-5-13)18-17(20)11-14-8-10-19-9-2-3-15(14)12-19;/h4-7,11,15H,2-3,8-10,12H2,1H3,(H,18,20);1H2. The third kappa shape index (κ3) is 3.94. The second-order valence-electron chi connectivity index (χ2n) is 5.96. The molecule has 1 N–H and O–H groups in total. The fourth-order valence-corrected chi connectivity index (χ4v) is 3.23. The maximum absolute atomic E-state index is 12.1. The fraction of sp³-hybridized carbons (Fsp3) is 0.444. The Bertz CT molecular complexity index is 519. The molecule has 21 heavy (non-hydrogen) atoms. The van der Waals surface area contributed by atoms with E-state index in [4.69, 9.17) is 0 Å². The van der Waals surface area contributed by atoms with Crippen molar-refractivity contribution in [1.29, 1.82) is 0 Å². The number of carbonyl (C=O) groups is 1. The number of fused-ring (bicyclic) bond motifs is 2. The number of nitrogens with zero attached hydrogens (tertiary/aromatic N) is 1. The van der Waals surface area contributed by atoms with E-state index in [-0.39, 0.29) is 13.3 Å². The van der Waals surface area contributed by atoms with Crippen LogP contribution < -0.4 is 5.32 Å². The molecule has 0 aromatic heterocycles. The highest BCUT2D eigenvalue weighted by atomic mass is 16.1. The second kappa shape index (κ2) is 6.90. The molecule has 2 bridgehead atoms. The van der Waals surface area contributed by atoms with Gasteiger partial charge in [0.1, 0.15) is 0 Å². The van der Waals surface area contributed by atoms with Gasteiger partial charge in [-0.05, 0) is 50.8 Å². The van der Waals surface area contributed by atoms with Crippen molar-refractivity contribution in [2.24, 2.45) is 5.92 Å². The normalized spacial score (nSPS) is 26.0. The SMILES string of the molecule is Cc1ccc(NC(=O)C=C2CCN3CCCC2C3)cc1.[CH2]. The topological polar surface area (TPSA) is 32.3 Å². The molecule has 0 saturated carbocycles. The van der Waals surface area contributed by atoms with Gasteiger partial charge in [0, 0.05) is 24.9 Å². The third-order valence-corrected chi connectivity index (χ3v) is 4.38. The molecular formula is C18H24N2O. The molecule has 3 heteroatoms. The van der Waals surface area contributed by atoms with Crippen molar-refractivity contribution < 1.29 is 4.79 Å². The molecule has 3 rings (SSSR count). The molecule has 2 heterocycles. The van der Waals surface area contributed by atoms with Crippen LogP contribution in [0.25, 0.3) is 0 Å². The molecule has 2 saturated heterocycles. The van der Waals surface area contributed by atoms with E-state index in [1.807, 2.05) is 37.3 Å². The van der Waals surface area contributed by atoms with E-state index < -0.39 is 0 Å². The summed E-state index contributed by atoms with van der Waals surface area (Å²) >= 11 is 0. The van der Waals surface area contributed by atoms with Gasteiger partial charge in [-0.1, -0.05) is 30.7 Å². The van der Waals surface area contributed by atoms with Crippen molar-refractivity contribution in [2.75, 3.05) is 25.0 Å². The summed E-state index contributed by atoms with van der Waals surface area (Å²) in [7, 11) is 0. The largest absolute Gasteiger partial charge is 0.323 e. The Labute approximate surface area is 128 Å².